The molecule has 0 atom stereocenters. The Labute approximate surface area is 186 Å². The second kappa shape index (κ2) is 8.67. The third-order valence-electron chi connectivity index (χ3n) is 5.63. The van der Waals surface area contributed by atoms with Crippen LogP contribution in [-0.2, 0) is 0 Å². The Morgan fingerprint density at radius 2 is 1.68 bits per heavy atom. The minimum absolute atomic E-state index is 0.0901. The van der Waals surface area contributed by atoms with Gasteiger partial charge in [-0.3, -0.25) is 9.59 Å². The molecule has 0 saturated carbocycles. The zero-order valence-corrected chi connectivity index (χ0v) is 18.6. The van der Waals surface area contributed by atoms with E-state index < -0.39 is 0 Å². The molecule has 3 heterocycles. The summed E-state index contributed by atoms with van der Waals surface area (Å²) in [5.74, 6) is -0.0509. The zero-order valence-electron chi connectivity index (χ0n) is 17.9. The first-order chi connectivity index (χ1) is 14.9. The number of carbonyl (C=O) groups is 2. The van der Waals surface area contributed by atoms with Gasteiger partial charge in [0.1, 0.15) is 0 Å². The fourth-order valence-corrected chi connectivity index (χ4v) is 4.09. The van der Waals surface area contributed by atoms with E-state index in [0.29, 0.717) is 65.5 Å². The summed E-state index contributed by atoms with van der Waals surface area (Å²) < 4.78 is 5.35. The number of pyridine rings is 1. The van der Waals surface area contributed by atoms with Gasteiger partial charge in [0.05, 0.1) is 27.2 Å². The molecule has 7 nitrogen and oxygen atoms in total. The summed E-state index contributed by atoms with van der Waals surface area (Å²) in [6, 6.07) is 8.89. The smallest absolute Gasteiger partial charge is 0.259 e. The van der Waals surface area contributed by atoms with Crippen molar-refractivity contribution >= 4 is 34.5 Å². The molecule has 1 saturated heterocycles. The topological polar surface area (TPSA) is 79.5 Å². The van der Waals surface area contributed by atoms with Crippen LogP contribution in [0.3, 0.4) is 0 Å². The molecule has 0 bridgehead atoms. The fraction of sp³-hybridized carbons (Fsp3) is 0.391. The lowest BCUT2D eigenvalue weighted by Gasteiger charge is -2.23. The number of benzene rings is 1. The van der Waals surface area contributed by atoms with Crippen molar-refractivity contribution in [1.82, 2.24) is 19.9 Å². The molecule has 8 heteroatoms. The van der Waals surface area contributed by atoms with Gasteiger partial charge >= 0.3 is 0 Å². The molecule has 4 rings (SSSR count). The maximum atomic E-state index is 13.5. The van der Waals surface area contributed by atoms with Gasteiger partial charge in [-0.2, -0.15) is 0 Å². The van der Waals surface area contributed by atoms with Crippen molar-refractivity contribution in [3.05, 3.63) is 57.9 Å². The number of halogens is 1. The Balaban J connectivity index is 1.58. The van der Waals surface area contributed by atoms with E-state index in [1.165, 1.54) is 0 Å². The molecule has 3 aromatic rings. The normalized spacial score (nSPS) is 14.9. The highest BCUT2D eigenvalue weighted by Crippen LogP contribution is 2.27. The van der Waals surface area contributed by atoms with Gasteiger partial charge in [0, 0.05) is 31.9 Å². The number of amides is 2. The largest absolute Gasteiger partial charge is 0.337 e. The first-order valence-corrected chi connectivity index (χ1v) is 10.8. The van der Waals surface area contributed by atoms with Crippen molar-refractivity contribution < 1.29 is 14.1 Å². The van der Waals surface area contributed by atoms with Crippen LogP contribution in [0.5, 0.6) is 0 Å². The van der Waals surface area contributed by atoms with Crippen molar-refractivity contribution in [2.45, 2.75) is 33.1 Å². The molecule has 1 fully saturated rings. The summed E-state index contributed by atoms with van der Waals surface area (Å²) in [6.45, 7) is 7.89. The van der Waals surface area contributed by atoms with Crippen LogP contribution in [0.1, 0.15) is 58.3 Å². The molecular weight excluding hydrogens is 416 g/mol. The van der Waals surface area contributed by atoms with E-state index in [1.54, 1.807) is 34.1 Å². The highest BCUT2D eigenvalue weighted by Gasteiger charge is 2.27. The lowest BCUT2D eigenvalue weighted by atomic mass is 10.0. The molecule has 0 N–H and O–H groups in total. The number of fused-ring (bicyclic) bond motifs is 1. The molecule has 0 aliphatic carbocycles. The van der Waals surface area contributed by atoms with Crippen molar-refractivity contribution in [2.24, 2.45) is 0 Å². The number of rotatable bonds is 3. The molecule has 2 amide bonds. The van der Waals surface area contributed by atoms with Crippen LogP contribution >= 0.6 is 11.6 Å². The van der Waals surface area contributed by atoms with Crippen LogP contribution in [0.4, 0.5) is 0 Å². The molecule has 162 valence electrons. The Bertz CT molecular complexity index is 1140. The molecule has 1 aromatic carbocycles. The number of carbonyl (C=O) groups excluding carboxylic acids is 2. The Morgan fingerprint density at radius 3 is 2.32 bits per heavy atom. The summed E-state index contributed by atoms with van der Waals surface area (Å²) in [7, 11) is 0. The summed E-state index contributed by atoms with van der Waals surface area (Å²) in [4.78, 5) is 34.5. The number of nitrogens with zero attached hydrogens (tertiary/aromatic N) is 4. The first kappa shape index (κ1) is 21.3. The van der Waals surface area contributed by atoms with E-state index in [1.807, 2.05) is 26.8 Å². The molecule has 1 aliphatic heterocycles. The Kier molecular flexibility index (Phi) is 5.96. The lowest BCUT2D eigenvalue weighted by Crippen LogP contribution is -2.37. The third kappa shape index (κ3) is 4.14. The SMILES string of the molecule is Cc1noc2nc(C(C)C)cc(C(=O)N3CCCN(C(=O)c4ccccc4Cl)CC3)c12. The van der Waals surface area contributed by atoms with Gasteiger partial charge in [-0.05, 0) is 37.5 Å². The van der Waals surface area contributed by atoms with Gasteiger partial charge in [0.2, 0.25) is 0 Å². The summed E-state index contributed by atoms with van der Waals surface area (Å²) >= 11 is 6.21. The monoisotopic (exact) mass is 440 g/mol. The lowest BCUT2D eigenvalue weighted by molar-refractivity contribution is 0.0719. The average molecular weight is 441 g/mol. The molecular formula is C23H25ClN4O3. The zero-order chi connectivity index (χ0) is 22.1. The Morgan fingerprint density at radius 1 is 1.03 bits per heavy atom. The number of aromatic nitrogens is 2. The van der Waals surface area contributed by atoms with Crippen LogP contribution < -0.4 is 0 Å². The number of aryl methyl sites for hydroxylation is 1. The molecule has 0 spiro atoms. The van der Waals surface area contributed by atoms with Gasteiger partial charge in [-0.25, -0.2) is 4.98 Å². The number of hydrogen-bond acceptors (Lipinski definition) is 5. The van der Waals surface area contributed by atoms with Crippen LogP contribution in [0, 0.1) is 6.92 Å². The second-order valence-corrected chi connectivity index (χ2v) is 8.52. The van der Waals surface area contributed by atoms with E-state index in [-0.39, 0.29) is 17.7 Å². The van der Waals surface area contributed by atoms with Gasteiger partial charge in [0.15, 0.2) is 0 Å². The highest BCUT2D eigenvalue weighted by atomic mass is 35.5. The minimum atomic E-state index is -0.108. The Hall–Kier alpha value is -2.93. The molecule has 31 heavy (non-hydrogen) atoms. The van der Waals surface area contributed by atoms with E-state index in [4.69, 9.17) is 16.1 Å². The van der Waals surface area contributed by atoms with Crippen molar-refractivity contribution in [3.8, 4) is 0 Å². The van der Waals surface area contributed by atoms with Gasteiger partial charge in [0.25, 0.3) is 17.5 Å². The maximum Gasteiger partial charge on any atom is 0.259 e. The summed E-state index contributed by atoms with van der Waals surface area (Å²) in [6.07, 6.45) is 0.690. The van der Waals surface area contributed by atoms with Crippen molar-refractivity contribution in [1.29, 1.82) is 0 Å². The molecule has 0 radical (unpaired) electrons. The van der Waals surface area contributed by atoms with E-state index in [2.05, 4.69) is 10.1 Å². The van der Waals surface area contributed by atoms with Crippen LogP contribution in [0.2, 0.25) is 5.02 Å². The van der Waals surface area contributed by atoms with Crippen molar-refractivity contribution in [3.63, 3.8) is 0 Å². The summed E-state index contributed by atoms with van der Waals surface area (Å²) in [5, 5.41) is 5.10. The average Bonchev–Trinajstić information content (AvgIpc) is 2.98. The van der Waals surface area contributed by atoms with E-state index in [9.17, 15) is 9.59 Å². The third-order valence-corrected chi connectivity index (χ3v) is 5.96. The maximum absolute atomic E-state index is 13.5. The van der Waals surface area contributed by atoms with Crippen molar-refractivity contribution in [2.75, 3.05) is 26.2 Å². The minimum Gasteiger partial charge on any atom is -0.337 e. The summed E-state index contributed by atoms with van der Waals surface area (Å²) in [5.41, 5.74) is 2.86. The van der Waals surface area contributed by atoms with Crippen LogP contribution in [-0.4, -0.2) is 57.9 Å². The predicted molar refractivity (Wildman–Crippen MR) is 119 cm³/mol. The molecule has 2 aromatic heterocycles. The van der Waals surface area contributed by atoms with Gasteiger partial charge < -0.3 is 14.3 Å². The quantitative estimate of drug-likeness (QED) is 0.606. The van der Waals surface area contributed by atoms with Crippen LogP contribution in [0.25, 0.3) is 11.1 Å². The predicted octanol–water partition coefficient (Wildman–Crippen LogP) is 4.30. The first-order valence-electron chi connectivity index (χ1n) is 10.5. The van der Waals surface area contributed by atoms with Gasteiger partial charge in [-0.1, -0.05) is 42.7 Å². The highest BCUT2D eigenvalue weighted by molar-refractivity contribution is 6.33. The van der Waals surface area contributed by atoms with Crippen LogP contribution in [0.15, 0.2) is 34.9 Å². The fourth-order valence-electron chi connectivity index (χ4n) is 3.88. The van der Waals surface area contributed by atoms with E-state index in [0.717, 1.165) is 5.69 Å². The second-order valence-electron chi connectivity index (χ2n) is 8.12. The number of hydrogen-bond donors (Lipinski definition) is 0. The standard InChI is InChI=1S/C23H25ClN4O3/c1-14(2)19-13-17(20-15(3)26-31-21(20)25-19)23(30)28-10-6-9-27(11-12-28)22(29)16-7-4-5-8-18(16)24/h4-5,7-8,13-14H,6,9-12H2,1-3H3. The van der Waals surface area contributed by atoms with E-state index >= 15 is 0 Å². The van der Waals surface area contributed by atoms with Gasteiger partial charge in [-0.15, -0.1) is 0 Å². The molecule has 1 aliphatic rings. The molecule has 0 unspecified atom stereocenters.